The normalized spacial score (nSPS) is 18.8. The van der Waals surface area contributed by atoms with Crippen LogP contribution in [0.3, 0.4) is 0 Å². The highest BCUT2D eigenvalue weighted by Gasteiger charge is 2.27. The molecule has 1 N–H and O–H groups in total. The van der Waals surface area contributed by atoms with Gasteiger partial charge in [-0.05, 0) is 12.1 Å². The summed E-state index contributed by atoms with van der Waals surface area (Å²) in [5.74, 6) is -0.748. The molecule has 122 valence electrons. The predicted molar refractivity (Wildman–Crippen MR) is 85.4 cm³/mol. The lowest BCUT2D eigenvalue weighted by Crippen LogP contribution is -2.45. The van der Waals surface area contributed by atoms with Crippen molar-refractivity contribution in [2.24, 2.45) is 0 Å². The Morgan fingerprint density at radius 2 is 2.00 bits per heavy atom. The summed E-state index contributed by atoms with van der Waals surface area (Å²) in [4.78, 5) is 2.16. The number of hydrogen-bond donors (Lipinski definition) is 1. The lowest BCUT2D eigenvalue weighted by molar-refractivity contribution is 0.149. The van der Waals surface area contributed by atoms with E-state index in [1.165, 1.54) is 0 Å². The quantitative estimate of drug-likeness (QED) is 0.937. The number of hydrogen-bond acceptors (Lipinski definition) is 3. The first-order valence-electron chi connectivity index (χ1n) is 7.71. The van der Waals surface area contributed by atoms with Gasteiger partial charge in [0.1, 0.15) is 5.75 Å². The topological polar surface area (TPSA) is 24.5 Å². The third-order valence-electron chi connectivity index (χ3n) is 4.26. The highest BCUT2D eigenvalue weighted by atomic mass is 19.2. The molecule has 1 aliphatic heterocycles. The third kappa shape index (κ3) is 3.35. The summed E-state index contributed by atoms with van der Waals surface area (Å²) < 4.78 is 32.9. The number of nitrogens with zero attached hydrogens (tertiary/aromatic N) is 1. The molecular formula is C18H20F2N2O. The van der Waals surface area contributed by atoms with Crippen molar-refractivity contribution in [1.29, 1.82) is 0 Å². The van der Waals surface area contributed by atoms with Gasteiger partial charge in [0.2, 0.25) is 0 Å². The molecule has 0 saturated carbocycles. The second-order valence-corrected chi connectivity index (χ2v) is 5.65. The molecule has 1 fully saturated rings. The van der Waals surface area contributed by atoms with E-state index >= 15 is 0 Å². The van der Waals surface area contributed by atoms with E-state index in [9.17, 15) is 8.78 Å². The summed E-state index contributed by atoms with van der Waals surface area (Å²) in [5.41, 5.74) is 1.44. The minimum atomic E-state index is -0.800. The standard InChI is InChI=1S/C18H20F2N2O/c1-23-17-8-3-2-6-14(17)16-11-21-9-10-22(16)12-13-5-4-7-15(19)18(13)20/h2-8,16,21H,9-12H2,1H3. The molecule has 1 atom stereocenters. The van der Waals surface area contributed by atoms with Crippen molar-refractivity contribution < 1.29 is 13.5 Å². The maximum Gasteiger partial charge on any atom is 0.163 e. The van der Waals surface area contributed by atoms with Crippen LogP contribution in [-0.2, 0) is 6.54 Å². The van der Waals surface area contributed by atoms with Gasteiger partial charge in [-0.3, -0.25) is 4.90 Å². The molecule has 3 rings (SSSR count). The SMILES string of the molecule is COc1ccccc1C1CNCCN1Cc1cccc(F)c1F. The second-order valence-electron chi connectivity index (χ2n) is 5.65. The Morgan fingerprint density at radius 1 is 1.17 bits per heavy atom. The molecule has 0 aliphatic carbocycles. The van der Waals surface area contributed by atoms with Gasteiger partial charge in [0.15, 0.2) is 11.6 Å². The summed E-state index contributed by atoms with van der Waals surface area (Å²) in [6.45, 7) is 2.70. The molecule has 5 heteroatoms. The predicted octanol–water partition coefficient (Wildman–Crippen LogP) is 3.12. The highest BCUT2D eigenvalue weighted by molar-refractivity contribution is 5.36. The van der Waals surface area contributed by atoms with Gasteiger partial charge in [-0.15, -0.1) is 0 Å². The molecule has 0 bridgehead atoms. The van der Waals surface area contributed by atoms with E-state index in [1.54, 1.807) is 19.2 Å². The number of methoxy groups -OCH3 is 1. The van der Waals surface area contributed by atoms with Gasteiger partial charge in [0.25, 0.3) is 0 Å². The van der Waals surface area contributed by atoms with Crippen molar-refractivity contribution in [2.45, 2.75) is 12.6 Å². The highest BCUT2D eigenvalue weighted by Crippen LogP contribution is 2.31. The first-order valence-corrected chi connectivity index (χ1v) is 7.71. The van der Waals surface area contributed by atoms with Gasteiger partial charge in [-0.1, -0.05) is 30.3 Å². The zero-order chi connectivity index (χ0) is 16.2. The van der Waals surface area contributed by atoms with E-state index < -0.39 is 11.6 Å². The number of benzene rings is 2. The van der Waals surface area contributed by atoms with Gasteiger partial charge in [0, 0.05) is 37.3 Å². The van der Waals surface area contributed by atoms with Crippen LogP contribution in [0.25, 0.3) is 0 Å². The summed E-state index contributed by atoms with van der Waals surface area (Å²) in [6, 6.07) is 12.2. The third-order valence-corrected chi connectivity index (χ3v) is 4.26. The molecule has 2 aromatic carbocycles. The van der Waals surface area contributed by atoms with Crippen molar-refractivity contribution in [3.05, 3.63) is 65.2 Å². The van der Waals surface area contributed by atoms with E-state index in [1.807, 2.05) is 24.3 Å². The number of ether oxygens (including phenoxy) is 1. The maximum absolute atomic E-state index is 14.0. The Labute approximate surface area is 134 Å². The van der Waals surface area contributed by atoms with Crippen molar-refractivity contribution in [3.63, 3.8) is 0 Å². The fourth-order valence-electron chi connectivity index (χ4n) is 3.07. The maximum atomic E-state index is 14.0. The average Bonchev–Trinajstić information content (AvgIpc) is 2.59. The summed E-state index contributed by atoms with van der Waals surface area (Å²) in [7, 11) is 1.64. The van der Waals surface area contributed by atoms with Crippen molar-refractivity contribution in [2.75, 3.05) is 26.7 Å². The van der Waals surface area contributed by atoms with Crippen molar-refractivity contribution >= 4 is 0 Å². The molecular weight excluding hydrogens is 298 g/mol. The Kier molecular flexibility index (Phi) is 4.88. The largest absolute Gasteiger partial charge is 0.496 e. The first kappa shape index (κ1) is 15.9. The molecule has 0 aromatic heterocycles. The van der Waals surface area contributed by atoms with E-state index in [0.717, 1.165) is 37.0 Å². The van der Waals surface area contributed by atoms with Crippen LogP contribution in [0.5, 0.6) is 5.75 Å². The molecule has 0 radical (unpaired) electrons. The number of piperazine rings is 1. The summed E-state index contributed by atoms with van der Waals surface area (Å²) in [5, 5.41) is 3.36. The van der Waals surface area contributed by atoms with Crippen LogP contribution in [0.4, 0.5) is 8.78 Å². The van der Waals surface area contributed by atoms with E-state index in [2.05, 4.69) is 10.2 Å². The molecule has 1 saturated heterocycles. The van der Waals surface area contributed by atoms with Gasteiger partial charge < -0.3 is 10.1 Å². The lowest BCUT2D eigenvalue weighted by atomic mass is 10.0. The van der Waals surface area contributed by atoms with Gasteiger partial charge in [-0.2, -0.15) is 0 Å². The molecule has 0 spiro atoms. The fraction of sp³-hybridized carbons (Fsp3) is 0.333. The summed E-state index contributed by atoms with van der Waals surface area (Å²) >= 11 is 0. The van der Waals surface area contributed by atoms with Crippen LogP contribution in [0.1, 0.15) is 17.2 Å². The minimum absolute atomic E-state index is 0.0579. The molecule has 1 aliphatic rings. The number of para-hydroxylation sites is 1. The summed E-state index contributed by atoms with van der Waals surface area (Å²) in [6.07, 6.45) is 0. The number of nitrogens with one attached hydrogen (secondary N) is 1. The van der Waals surface area contributed by atoms with Crippen LogP contribution in [0.15, 0.2) is 42.5 Å². The van der Waals surface area contributed by atoms with E-state index in [4.69, 9.17) is 4.74 Å². The fourth-order valence-corrected chi connectivity index (χ4v) is 3.07. The number of rotatable bonds is 4. The minimum Gasteiger partial charge on any atom is -0.496 e. The first-order chi connectivity index (χ1) is 11.2. The Hall–Kier alpha value is -1.98. The van der Waals surface area contributed by atoms with Gasteiger partial charge in [0.05, 0.1) is 13.2 Å². The van der Waals surface area contributed by atoms with Crippen molar-refractivity contribution in [1.82, 2.24) is 10.2 Å². The van der Waals surface area contributed by atoms with E-state index in [0.29, 0.717) is 12.1 Å². The average molecular weight is 318 g/mol. The zero-order valence-corrected chi connectivity index (χ0v) is 13.1. The lowest BCUT2D eigenvalue weighted by Gasteiger charge is -2.37. The monoisotopic (exact) mass is 318 g/mol. The Morgan fingerprint density at radius 3 is 2.83 bits per heavy atom. The van der Waals surface area contributed by atoms with Crippen LogP contribution in [0, 0.1) is 11.6 Å². The second kappa shape index (κ2) is 7.06. The van der Waals surface area contributed by atoms with Crippen LogP contribution >= 0.6 is 0 Å². The zero-order valence-electron chi connectivity index (χ0n) is 13.1. The molecule has 0 amide bonds. The van der Waals surface area contributed by atoms with Crippen LogP contribution in [0.2, 0.25) is 0 Å². The molecule has 1 heterocycles. The van der Waals surface area contributed by atoms with Crippen molar-refractivity contribution in [3.8, 4) is 5.75 Å². The van der Waals surface area contributed by atoms with Gasteiger partial charge >= 0.3 is 0 Å². The number of halogens is 2. The molecule has 2 aromatic rings. The smallest absolute Gasteiger partial charge is 0.163 e. The molecule has 1 unspecified atom stereocenters. The van der Waals surface area contributed by atoms with E-state index in [-0.39, 0.29) is 6.04 Å². The molecule has 23 heavy (non-hydrogen) atoms. The molecule has 3 nitrogen and oxygen atoms in total. The van der Waals surface area contributed by atoms with Gasteiger partial charge in [-0.25, -0.2) is 8.78 Å². The Balaban J connectivity index is 1.88. The van der Waals surface area contributed by atoms with Crippen LogP contribution in [-0.4, -0.2) is 31.6 Å². The Bertz CT molecular complexity index is 678. The van der Waals surface area contributed by atoms with Crippen LogP contribution < -0.4 is 10.1 Å².